The Morgan fingerprint density at radius 2 is 1.87 bits per heavy atom. The molecule has 0 radical (unpaired) electrons. The topological polar surface area (TPSA) is 154 Å². The number of carbonyl (C=O) groups is 3. The lowest BCUT2D eigenvalue weighted by Crippen LogP contribution is -2.49. The lowest BCUT2D eigenvalue weighted by molar-refractivity contribution is -0.159. The Hall–Kier alpha value is -2.98. The van der Waals surface area contributed by atoms with E-state index in [-0.39, 0.29) is 24.6 Å². The Bertz CT molecular complexity index is 890. The molecule has 2 aromatic rings. The third-order valence-electron chi connectivity index (χ3n) is 5.06. The fraction of sp³-hybridized carbons (Fsp3) is 0.524. The van der Waals surface area contributed by atoms with E-state index in [1.807, 2.05) is 28.9 Å². The molecule has 1 aromatic heterocycles. The SMILES string of the molecule is CC(C)n1nc(C(=O)N[C@H]2CC[C@@H](CCCO)NC2)c2ccccc21.O=C(O)C(=O)O. The summed E-state index contributed by atoms with van der Waals surface area (Å²) in [5.74, 6) is -3.75. The summed E-state index contributed by atoms with van der Waals surface area (Å²) < 4.78 is 1.91. The van der Waals surface area contributed by atoms with Crippen molar-refractivity contribution in [3.63, 3.8) is 0 Å². The van der Waals surface area contributed by atoms with Gasteiger partial charge in [0.25, 0.3) is 5.91 Å². The minimum Gasteiger partial charge on any atom is -0.473 e. The predicted octanol–water partition coefficient (Wildman–Crippen LogP) is 1.40. The van der Waals surface area contributed by atoms with Gasteiger partial charge in [0.05, 0.1) is 5.52 Å². The molecule has 1 saturated heterocycles. The van der Waals surface area contributed by atoms with Crippen LogP contribution in [0.3, 0.4) is 0 Å². The average Bonchev–Trinajstić information content (AvgIpc) is 3.14. The van der Waals surface area contributed by atoms with Gasteiger partial charge in [-0.15, -0.1) is 0 Å². The number of aliphatic carboxylic acids is 2. The van der Waals surface area contributed by atoms with Gasteiger partial charge in [0.2, 0.25) is 0 Å². The number of carboxylic acids is 2. The number of carboxylic acid groups (broad SMARTS) is 2. The quantitative estimate of drug-likeness (QED) is 0.428. The molecule has 1 amide bonds. The number of amides is 1. The van der Waals surface area contributed by atoms with E-state index in [1.54, 1.807) is 0 Å². The third kappa shape index (κ3) is 6.76. The molecule has 0 aliphatic carbocycles. The molecule has 0 spiro atoms. The second-order valence-electron chi connectivity index (χ2n) is 7.73. The molecule has 1 aliphatic rings. The Kier molecular flexibility index (Phi) is 8.95. The molecule has 0 bridgehead atoms. The van der Waals surface area contributed by atoms with Gasteiger partial charge in [-0.25, -0.2) is 9.59 Å². The van der Waals surface area contributed by atoms with Gasteiger partial charge >= 0.3 is 11.9 Å². The molecule has 10 nitrogen and oxygen atoms in total. The molecule has 2 heterocycles. The molecule has 3 rings (SSSR count). The number of aliphatic hydroxyl groups excluding tert-OH is 1. The van der Waals surface area contributed by atoms with Crippen LogP contribution < -0.4 is 10.6 Å². The number of nitrogens with one attached hydrogen (secondary N) is 2. The summed E-state index contributed by atoms with van der Waals surface area (Å²) in [6, 6.07) is 8.66. The van der Waals surface area contributed by atoms with Crippen LogP contribution in [0.1, 0.15) is 56.1 Å². The number of piperidine rings is 1. The summed E-state index contributed by atoms with van der Waals surface area (Å²) in [6.45, 7) is 5.14. The van der Waals surface area contributed by atoms with Crippen molar-refractivity contribution in [3.05, 3.63) is 30.0 Å². The summed E-state index contributed by atoms with van der Waals surface area (Å²) in [4.78, 5) is 31.0. The summed E-state index contributed by atoms with van der Waals surface area (Å²) in [6.07, 6.45) is 3.79. The highest BCUT2D eigenvalue weighted by molar-refractivity contribution is 6.27. The van der Waals surface area contributed by atoms with Gasteiger partial charge in [-0.2, -0.15) is 5.10 Å². The zero-order valence-electron chi connectivity index (χ0n) is 17.7. The molecule has 0 unspecified atom stereocenters. The fourth-order valence-electron chi connectivity index (χ4n) is 3.53. The number of hydrogen-bond acceptors (Lipinski definition) is 6. The largest absolute Gasteiger partial charge is 0.473 e. The molecule has 1 aliphatic heterocycles. The van der Waals surface area contributed by atoms with Crippen LogP contribution in [0.25, 0.3) is 10.9 Å². The number of hydrogen-bond donors (Lipinski definition) is 5. The summed E-state index contributed by atoms with van der Waals surface area (Å²) in [7, 11) is 0. The van der Waals surface area contributed by atoms with E-state index in [2.05, 4.69) is 29.6 Å². The number of para-hydroxylation sites is 1. The van der Waals surface area contributed by atoms with Crippen molar-refractivity contribution >= 4 is 28.7 Å². The standard InChI is InChI=1S/C19H28N4O2.C2H2O4/c1-13(2)23-17-8-4-3-7-16(17)18(22-23)19(25)21-15-10-9-14(20-12-15)6-5-11-24;3-1(4)2(5)6/h3-4,7-8,13-15,20,24H,5-6,9-12H2,1-2H3,(H,21,25);(H,3,4)(H,5,6)/t14-,15+;/m1./s1. The lowest BCUT2D eigenvalue weighted by Gasteiger charge is -2.30. The smallest absolute Gasteiger partial charge is 0.414 e. The number of carbonyl (C=O) groups excluding carboxylic acids is 1. The van der Waals surface area contributed by atoms with Gasteiger partial charge in [-0.1, -0.05) is 18.2 Å². The number of rotatable bonds is 6. The van der Waals surface area contributed by atoms with Crippen LogP contribution in [-0.4, -0.2) is 68.2 Å². The fourth-order valence-corrected chi connectivity index (χ4v) is 3.53. The van der Waals surface area contributed by atoms with E-state index in [1.165, 1.54) is 0 Å². The van der Waals surface area contributed by atoms with Gasteiger partial charge < -0.3 is 26.0 Å². The first-order valence-corrected chi connectivity index (χ1v) is 10.3. The van der Waals surface area contributed by atoms with Crippen molar-refractivity contribution in [1.29, 1.82) is 0 Å². The van der Waals surface area contributed by atoms with Crippen LogP contribution in [0.15, 0.2) is 24.3 Å². The minimum absolute atomic E-state index is 0.101. The molecule has 1 fully saturated rings. The van der Waals surface area contributed by atoms with Crippen molar-refractivity contribution in [2.45, 2.75) is 57.7 Å². The van der Waals surface area contributed by atoms with Crippen molar-refractivity contribution in [2.75, 3.05) is 13.2 Å². The molecular formula is C21H30N4O6. The molecule has 1 aromatic carbocycles. The van der Waals surface area contributed by atoms with Crippen LogP contribution in [0.2, 0.25) is 0 Å². The van der Waals surface area contributed by atoms with E-state index in [9.17, 15) is 4.79 Å². The summed E-state index contributed by atoms with van der Waals surface area (Å²) in [5.41, 5.74) is 1.50. The Balaban J connectivity index is 0.000000501. The Morgan fingerprint density at radius 1 is 1.19 bits per heavy atom. The molecule has 0 saturated carbocycles. The van der Waals surface area contributed by atoms with Crippen molar-refractivity contribution in [1.82, 2.24) is 20.4 Å². The maximum atomic E-state index is 12.8. The monoisotopic (exact) mass is 434 g/mol. The van der Waals surface area contributed by atoms with Crippen molar-refractivity contribution < 1.29 is 29.7 Å². The number of benzene rings is 1. The van der Waals surface area contributed by atoms with Crippen molar-refractivity contribution in [3.8, 4) is 0 Å². The van der Waals surface area contributed by atoms with Crippen LogP contribution >= 0.6 is 0 Å². The number of aliphatic hydroxyl groups is 1. The van der Waals surface area contributed by atoms with Crippen molar-refractivity contribution in [2.24, 2.45) is 0 Å². The maximum absolute atomic E-state index is 12.8. The summed E-state index contributed by atoms with van der Waals surface area (Å²) in [5, 5.41) is 35.8. The third-order valence-corrected chi connectivity index (χ3v) is 5.06. The molecular weight excluding hydrogens is 404 g/mol. The first-order valence-electron chi connectivity index (χ1n) is 10.3. The zero-order valence-corrected chi connectivity index (χ0v) is 17.7. The zero-order chi connectivity index (χ0) is 23.0. The molecule has 2 atom stereocenters. The normalized spacial score (nSPS) is 18.3. The number of nitrogens with zero attached hydrogens (tertiary/aromatic N) is 2. The predicted molar refractivity (Wildman–Crippen MR) is 114 cm³/mol. The Morgan fingerprint density at radius 3 is 2.42 bits per heavy atom. The van der Waals surface area contributed by atoms with Gasteiger partial charge in [0.15, 0.2) is 5.69 Å². The molecule has 5 N–H and O–H groups in total. The van der Waals surface area contributed by atoms with Crippen LogP contribution in [0.5, 0.6) is 0 Å². The van der Waals surface area contributed by atoms with Gasteiger partial charge in [-0.05, 0) is 45.6 Å². The first-order chi connectivity index (χ1) is 14.7. The Labute approximate surface area is 180 Å². The van der Waals surface area contributed by atoms with Gasteiger partial charge in [-0.3, -0.25) is 9.48 Å². The van der Waals surface area contributed by atoms with E-state index in [4.69, 9.17) is 24.9 Å². The van der Waals surface area contributed by atoms with Crippen LogP contribution in [0.4, 0.5) is 0 Å². The van der Waals surface area contributed by atoms with Crippen LogP contribution in [-0.2, 0) is 9.59 Å². The number of fused-ring (bicyclic) bond motifs is 1. The van der Waals surface area contributed by atoms with Gasteiger partial charge in [0, 0.05) is 36.7 Å². The van der Waals surface area contributed by atoms with E-state index in [0.29, 0.717) is 11.7 Å². The second-order valence-corrected chi connectivity index (χ2v) is 7.73. The van der Waals surface area contributed by atoms with E-state index in [0.717, 1.165) is 43.1 Å². The highest BCUT2D eigenvalue weighted by Crippen LogP contribution is 2.22. The maximum Gasteiger partial charge on any atom is 0.414 e. The average molecular weight is 434 g/mol. The van der Waals surface area contributed by atoms with E-state index >= 15 is 0 Å². The second kappa shape index (κ2) is 11.4. The van der Waals surface area contributed by atoms with Crippen LogP contribution in [0, 0.1) is 0 Å². The molecule has 10 heteroatoms. The first kappa shape index (κ1) is 24.3. The lowest BCUT2D eigenvalue weighted by atomic mass is 9.97. The molecule has 31 heavy (non-hydrogen) atoms. The highest BCUT2D eigenvalue weighted by atomic mass is 16.4. The number of aromatic nitrogens is 2. The minimum atomic E-state index is -1.82. The molecule has 170 valence electrons. The summed E-state index contributed by atoms with van der Waals surface area (Å²) >= 11 is 0. The van der Waals surface area contributed by atoms with E-state index < -0.39 is 11.9 Å². The van der Waals surface area contributed by atoms with Gasteiger partial charge in [0.1, 0.15) is 0 Å². The highest BCUT2D eigenvalue weighted by Gasteiger charge is 2.24.